The predicted molar refractivity (Wildman–Crippen MR) is 99.3 cm³/mol. The average Bonchev–Trinajstić information content (AvgIpc) is 2.61. The van der Waals surface area contributed by atoms with E-state index in [9.17, 15) is 4.79 Å². The Labute approximate surface area is 148 Å². The molecule has 3 aromatic rings. The van der Waals surface area contributed by atoms with Crippen LogP contribution in [-0.4, -0.2) is 18.7 Å². The number of hydrogen-bond acceptors (Lipinski definition) is 3. The van der Waals surface area contributed by atoms with Gasteiger partial charge in [0.2, 0.25) is 0 Å². The molecule has 24 heavy (non-hydrogen) atoms. The maximum absolute atomic E-state index is 11.7. The summed E-state index contributed by atoms with van der Waals surface area (Å²) in [6.07, 6.45) is 1.62. The van der Waals surface area contributed by atoms with Gasteiger partial charge in [0.05, 0.1) is 6.21 Å². The van der Waals surface area contributed by atoms with Crippen molar-refractivity contribution in [3.63, 3.8) is 0 Å². The molecule has 0 atom stereocenters. The zero-order valence-electron chi connectivity index (χ0n) is 12.8. The van der Waals surface area contributed by atoms with Crippen LogP contribution in [0.4, 0.5) is 0 Å². The van der Waals surface area contributed by atoms with Gasteiger partial charge in [-0.25, -0.2) is 5.43 Å². The van der Waals surface area contributed by atoms with Crippen molar-refractivity contribution < 1.29 is 9.53 Å². The Morgan fingerprint density at radius 2 is 1.79 bits per heavy atom. The monoisotopic (exact) mass is 382 g/mol. The number of carbonyl (C=O) groups is 1. The molecule has 0 aromatic heterocycles. The van der Waals surface area contributed by atoms with E-state index in [4.69, 9.17) is 4.74 Å². The number of amides is 1. The van der Waals surface area contributed by atoms with Gasteiger partial charge >= 0.3 is 0 Å². The molecule has 3 rings (SSSR count). The van der Waals surface area contributed by atoms with Gasteiger partial charge in [0, 0.05) is 4.47 Å². The molecule has 0 heterocycles. The third-order valence-corrected chi connectivity index (χ3v) is 3.89. The molecule has 0 aliphatic rings. The standard InChI is InChI=1S/C19H15BrN2O2/c20-17-7-9-18(10-8-17)24-13-19(23)22-21-12-14-5-6-15-3-1-2-4-16(15)11-14/h1-12H,13H2,(H,22,23). The Kier molecular flexibility index (Phi) is 5.23. The second kappa shape index (κ2) is 7.75. The van der Waals surface area contributed by atoms with Gasteiger partial charge in [-0.05, 0) is 46.7 Å². The van der Waals surface area contributed by atoms with Gasteiger partial charge in [-0.15, -0.1) is 0 Å². The number of hydrazone groups is 1. The van der Waals surface area contributed by atoms with Crippen LogP contribution in [0.25, 0.3) is 10.8 Å². The summed E-state index contributed by atoms with van der Waals surface area (Å²) in [6, 6.07) is 21.4. The number of nitrogens with zero attached hydrogens (tertiary/aromatic N) is 1. The number of ether oxygens (including phenoxy) is 1. The van der Waals surface area contributed by atoms with Crippen molar-refractivity contribution in [1.29, 1.82) is 0 Å². The molecule has 0 fully saturated rings. The highest BCUT2D eigenvalue weighted by atomic mass is 79.9. The van der Waals surface area contributed by atoms with Crippen LogP contribution in [0.3, 0.4) is 0 Å². The molecule has 5 heteroatoms. The second-order valence-corrected chi connectivity index (χ2v) is 6.06. The molecule has 0 spiro atoms. The first-order chi connectivity index (χ1) is 11.7. The summed E-state index contributed by atoms with van der Waals surface area (Å²) in [4.78, 5) is 11.7. The van der Waals surface area contributed by atoms with Crippen molar-refractivity contribution >= 4 is 38.8 Å². The number of carbonyl (C=O) groups excluding carboxylic acids is 1. The molecule has 3 aromatic carbocycles. The molecular formula is C19H15BrN2O2. The fourth-order valence-corrected chi connectivity index (χ4v) is 2.44. The summed E-state index contributed by atoms with van der Waals surface area (Å²) in [7, 11) is 0. The van der Waals surface area contributed by atoms with Crippen LogP contribution in [0, 0.1) is 0 Å². The van der Waals surface area contributed by atoms with E-state index in [0.29, 0.717) is 5.75 Å². The van der Waals surface area contributed by atoms with E-state index in [2.05, 4.69) is 32.5 Å². The van der Waals surface area contributed by atoms with E-state index in [-0.39, 0.29) is 12.5 Å². The Morgan fingerprint density at radius 3 is 2.58 bits per heavy atom. The van der Waals surface area contributed by atoms with E-state index in [1.165, 1.54) is 5.39 Å². The first kappa shape index (κ1) is 16.2. The van der Waals surface area contributed by atoms with Crippen LogP contribution < -0.4 is 10.2 Å². The molecule has 120 valence electrons. The molecule has 1 N–H and O–H groups in total. The molecule has 0 radical (unpaired) electrons. The van der Waals surface area contributed by atoms with Gasteiger partial charge in [-0.3, -0.25) is 4.79 Å². The van der Waals surface area contributed by atoms with Crippen molar-refractivity contribution in [2.45, 2.75) is 0 Å². The maximum atomic E-state index is 11.7. The lowest BCUT2D eigenvalue weighted by molar-refractivity contribution is -0.123. The predicted octanol–water partition coefficient (Wildman–Crippen LogP) is 4.13. The fourth-order valence-electron chi connectivity index (χ4n) is 2.18. The van der Waals surface area contributed by atoms with Crippen molar-refractivity contribution in [3.05, 3.63) is 76.8 Å². The molecule has 0 saturated heterocycles. The highest BCUT2D eigenvalue weighted by Crippen LogP contribution is 2.16. The average molecular weight is 383 g/mol. The van der Waals surface area contributed by atoms with Crippen LogP contribution in [0.1, 0.15) is 5.56 Å². The van der Waals surface area contributed by atoms with Gasteiger partial charge in [-0.2, -0.15) is 5.10 Å². The van der Waals surface area contributed by atoms with Crippen LogP contribution >= 0.6 is 15.9 Å². The fraction of sp³-hybridized carbons (Fsp3) is 0.0526. The highest BCUT2D eigenvalue weighted by Gasteiger charge is 2.01. The van der Waals surface area contributed by atoms with Crippen molar-refractivity contribution in [3.8, 4) is 5.75 Å². The summed E-state index contributed by atoms with van der Waals surface area (Å²) >= 11 is 3.34. The van der Waals surface area contributed by atoms with Gasteiger partial charge in [0.1, 0.15) is 5.75 Å². The number of benzene rings is 3. The minimum absolute atomic E-state index is 0.0866. The van der Waals surface area contributed by atoms with Crippen LogP contribution in [0.2, 0.25) is 0 Å². The lowest BCUT2D eigenvalue weighted by Gasteiger charge is -2.04. The number of nitrogens with one attached hydrogen (secondary N) is 1. The van der Waals surface area contributed by atoms with Crippen LogP contribution in [0.5, 0.6) is 5.75 Å². The molecule has 0 saturated carbocycles. The van der Waals surface area contributed by atoms with Gasteiger partial charge < -0.3 is 4.74 Å². The Balaban J connectivity index is 1.52. The first-order valence-electron chi connectivity index (χ1n) is 7.40. The quantitative estimate of drug-likeness (QED) is 0.532. The largest absolute Gasteiger partial charge is 0.484 e. The molecular weight excluding hydrogens is 368 g/mol. The summed E-state index contributed by atoms with van der Waals surface area (Å²) in [5.74, 6) is 0.321. The molecule has 0 aliphatic heterocycles. The minimum Gasteiger partial charge on any atom is -0.484 e. The van der Waals surface area contributed by atoms with Crippen LogP contribution in [0.15, 0.2) is 76.3 Å². The highest BCUT2D eigenvalue weighted by molar-refractivity contribution is 9.10. The maximum Gasteiger partial charge on any atom is 0.277 e. The molecule has 4 nitrogen and oxygen atoms in total. The summed E-state index contributed by atoms with van der Waals surface area (Å²) in [5, 5.41) is 6.26. The molecule has 0 bridgehead atoms. The van der Waals surface area contributed by atoms with E-state index in [1.807, 2.05) is 48.5 Å². The van der Waals surface area contributed by atoms with Crippen molar-refractivity contribution in [2.75, 3.05) is 6.61 Å². The van der Waals surface area contributed by atoms with E-state index >= 15 is 0 Å². The Hall–Kier alpha value is -2.66. The first-order valence-corrected chi connectivity index (χ1v) is 8.19. The van der Waals surface area contributed by atoms with E-state index < -0.39 is 0 Å². The lowest BCUT2D eigenvalue weighted by Crippen LogP contribution is -2.24. The number of fused-ring (bicyclic) bond motifs is 1. The normalized spacial score (nSPS) is 10.9. The smallest absolute Gasteiger partial charge is 0.277 e. The number of hydrogen-bond donors (Lipinski definition) is 1. The van der Waals surface area contributed by atoms with E-state index in [1.54, 1.807) is 18.3 Å². The van der Waals surface area contributed by atoms with Gasteiger partial charge in [0.25, 0.3) is 5.91 Å². The third kappa shape index (κ3) is 4.43. The zero-order chi connectivity index (χ0) is 16.8. The number of rotatable bonds is 5. The SMILES string of the molecule is O=C(COc1ccc(Br)cc1)NN=Cc1ccc2ccccc2c1. The molecule has 0 aliphatic carbocycles. The Morgan fingerprint density at radius 1 is 1.04 bits per heavy atom. The van der Waals surface area contributed by atoms with Gasteiger partial charge in [0.15, 0.2) is 6.61 Å². The van der Waals surface area contributed by atoms with Crippen molar-refractivity contribution in [2.24, 2.45) is 5.10 Å². The summed E-state index contributed by atoms with van der Waals surface area (Å²) < 4.78 is 6.33. The van der Waals surface area contributed by atoms with E-state index in [0.717, 1.165) is 15.4 Å². The minimum atomic E-state index is -0.310. The van der Waals surface area contributed by atoms with Crippen molar-refractivity contribution in [1.82, 2.24) is 5.43 Å². The van der Waals surface area contributed by atoms with Gasteiger partial charge in [-0.1, -0.05) is 52.3 Å². The second-order valence-electron chi connectivity index (χ2n) is 5.14. The number of halogens is 1. The lowest BCUT2D eigenvalue weighted by atomic mass is 10.1. The molecule has 1 amide bonds. The molecule has 0 unspecified atom stereocenters. The summed E-state index contributed by atoms with van der Waals surface area (Å²) in [5.41, 5.74) is 3.38. The van der Waals surface area contributed by atoms with Crippen LogP contribution in [-0.2, 0) is 4.79 Å². The third-order valence-electron chi connectivity index (χ3n) is 3.36. The topological polar surface area (TPSA) is 50.7 Å². The summed E-state index contributed by atoms with van der Waals surface area (Å²) in [6.45, 7) is -0.0866. The Bertz CT molecular complexity index is 876. The zero-order valence-corrected chi connectivity index (χ0v) is 14.4.